The Labute approximate surface area is 186 Å². The van der Waals surface area contributed by atoms with E-state index in [-0.39, 0.29) is 10.8 Å². The Kier molecular flexibility index (Phi) is 6.00. The number of amides is 1. The quantitative estimate of drug-likeness (QED) is 0.600. The highest BCUT2D eigenvalue weighted by atomic mass is 32.2. The molecule has 0 spiro atoms. The second kappa shape index (κ2) is 8.57. The van der Waals surface area contributed by atoms with Gasteiger partial charge in [-0.15, -0.1) is 11.3 Å². The molecule has 164 valence electrons. The molecule has 1 amide bonds. The van der Waals surface area contributed by atoms with Crippen LogP contribution in [-0.4, -0.2) is 36.7 Å². The number of piperidine rings is 1. The molecule has 3 aromatic rings. The first-order chi connectivity index (χ1) is 14.7. The van der Waals surface area contributed by atoms with Gasteiger partial charge in [-0.25, -0.2) is 13.4 Å². The number of hydrogen-bond donors (Lipinski definition) is 1. The van der Waals surface area contributed by atoms with Crippen molar-refractivity contribution < 1.29 is 17.6 Å². The predicted octanol–water partition coefficient (Wildman–Crippen LogP) is 4.63. The molecule has 4 rings (SSSR count). The van der Waals surface area contributed by atoms with Crippen LogP contribution in [0, 0.1) is 18.8 Å². The normalized spacial score (nSPS) is 20.0. The van der Waals surface area contributed by atoms with E-state index in [9.17, 15) is 13.2 Å². The average Bonchev–Trinajstić information content (AvgIpc) is 3.36. The number of sulfonamides is 1. The zero-order chi connectivity index (χ0) is 22.2. The molecule has 1 aliphatic rings. The Morgan fingerprint density at radius 3 is 2.42 bits per heavy atom. The molecule has 1 N–H and O–H groups in total. The third-order valence-corrected chi connectivity index (χ3v) is 7.91. The molecule has 31 heavy (non-hydrogen) atoms. The topological polar surface area (TPSA) is 92.5 Å². The van der Waals surface area contributed by atoms with Crippen molar-refractivity contribution in [2.24, 2.45) is 11.8 Å². The van der Waals surface area contributed by atoms with Gasteiger partial charge in [0.05, 0.1) is 4.90 Å². The number of furan rings is 1. The number of thiazole rings is 1. The van der Waals surface area contributed by atoms with Gasteiger partial charge in [0.15, 0.2) is 10.9 Å². The van der Waals surface area contributed by atoms with Crippen molar-refractivity contribution in [1.29, 1.82) is 0 Å². The molecule has 9 heteroatoms. The van der Waals surface area contributed by atoms with E-state index in [1.165, 1.54) is 35.6 Å². The maximum Gasteiger partial charge on any atom is 0.257 e. The van der Waals surface area contributed by atoms with E-state index in [2.05, 4.69) is 24.1 Å². The van der Waals surface area contributed by atoms with Crippen LogP contribution >= 0.6 is 11.3 Å². The van der Waals surface area contributed by atoms with Crippen LogP contribution in [-0.2, 0) is 10.0 Å². The number of aryl methyl sites for hydroxylation is 1. The van der Waals surface area contributed by atoms with E-state index in [4.69, 9.17) is 4.42 Å². The largest absolute Gasteiger partial charge is 0.460 e. The molecule has 3 heterocycles. The van der Waals surface area contributed by atoms with Gasteiger partial charge in [-0.1, -0.05) is 13.8 Å². The highest BCUT2D eigenvalue weighted by Crippen LogP contribution is 2.28. The summed E-state index contributed by atoms with van der Waals surface area (Å²) in [6.45, 7) is 7.05. The number of nitrogens with one attached hydrogen (secondary N) is 1. The van der Waals surface area contributed by atoms with Gasteiger partial charge in [-0.2, -0.15) is 4.31 Å². The molecule has 2 atom stereocenters. The number of carbonyl (C=O) groups excluding carboxylic acids is 1. The fourth-order valence-corrected chi connectivity index (χ4v) is 6.29. The minimum atomic E-state index is -3.57. The van der Waals surface area contributed by atoms with Crippen LogP contribution in [0.5, 0.6) is 0 Å². The summed E-state index contributed by atoms with van der Waals surface area (Å²) in [6, 6.07) is 9.74. The van der Waals surface area contributed by atoms with Gasteiger partial charge in [0.1, 0.15) is 11.5 Å². The minimum Gasteiger partial charge on any atom is -0.460 e. The lowest BCUT2D eigenvalue weighted by molar-refractivity contribution is 0.102. The number of aromatic nitrogens is 1. The van der Waals surface area contributed by atoms with Gasteiger partial charge < -0.3 is 4.42 Å². The van der Waals surface area contributed by atoms with Crippen LogP contribution < -0.4 is 5.32 Å². The number of hydrogen-bond acceptors (Lipinski definition) is 6. The van der Waals surface area contributed by atoms with Crippen LogP contribution in [0.4, 0.5) is 5.13 Å². The first-order valence-electron chi connectivity index (χ1n) is 10.2. The van der Waals surface area contributed by atoms with E-state index >= 15 is 0 Å². The highest BCUT2D eigenvalue weighted by molar-refractivity contribution is 7.89. The van der Waals surface area contributed by atoms with Gasteiger partial charge in [-0.3, -0.25) is 10.1 Å². The summed E-state index contributed by atoms with van der Waals surface area (Å²) in [5, 5.41) is 5.01. The van der Waals surface area contributed by atoms with Crippen molar-refractivity contribution in [3.63, 3.8) is 0 Å². The number of benzene rings is 1. The highest BCUT2D eigenvalue weighted by Gasteiger charge is 2.31. The zero-order valence-corrected chi connectivity index (χ0v) is 19.3. The van der Waals surface area contributed by atoms with E-state index in [0.29, 0.717) is 47.1 Å². The first-order valence-corrected chi connectivity index (χ1v) is 12.5. The number of anilines is 1. The zero-order valence-electron chi connectivity index (χ0n) is 17.7. The summed E-state index contributed by atoms with van der Waals surface area (Å²) in [5.74, 6) is 1.75. The summed E-state index contributed by atoms with van der Waals surface area (Å²) in [5.41, 5.74) is 1.02. The molecule has 0 radical (unpaired) electrons. The van der Waals surface area contributed by atoms with Crippen molar-refractivity contribution >= 4 is 32.4 Å². The van der Waals surface area contributed by atoms with Crippen molar-refractivity contribution in [2.45, 2.75) is 32.1 Å². The molecule has 0 unspecified atom stereocenters. The fourth-order valence-electron chi connectivity index (χ4n) is 3.92. The fraction of sp³-hybridized carbons (Fsp3) is 0.364. The molecule has 1 fully saturated rings. The molecule has 1 aromatic carbocycles. The Bertz CT molecular complexity index is 1170. The Hall–Kier alpha value is -2.49. The van der Waals surface area contributed by atoms with E-state index in [0.717, 1.165) is 12.2 Å². The molecule has 0 saturated carbocycles. The molecular formula is C22H25N3O4S2. The molecule has 0 bridgehead atoms. The third kappa shape index (κ3) is 4.73. The summed E-state index contributed by atoms with van der Waals surface area (Å²) < 4.78 is 33.1. The smallest absolute Gasteiger partial charge is 0.257 e. The second-order valence-electron chi connectivity index (χ2n) is 8.19. The lowest BCUT2D eigenvalue weighted by Gasteiger charge is -2.34. The Balaban J connectivity index is 1.45. The molecule has 1 saturated heterocycles. The van der Waals surface area contributed by atoms with Gasteiger partial charge >= 0.3 is 0 Å². The van der Waals surface area contributed by atoms with Gasteiger partial charge in [0.2, 0.25) is 10.0 Å². The Morgan fingerprint density at radius 1 is 1.13 bits per heavy atom. The number of carbonyl (C=O) groups is 1. The predicted molar refractivity (Wildman–Crippen MR) is 121 cm³/mol. The standard InChI is InChI=1S/C22H25N3O4S2/c1-14-10-15(2)12-25(11-14)31(27,28)18-7-5-17(6-8-18)21(26)24-22-23-19(13-30-22)20-9-4-16(3)29-20/h4-9,13-15H,10-12H2,1-3H3,(H,23,24,26)/t14-,15-/m1/s1. The van der Waals surface area contributed by atoms with Gasteiger partial charge in [-0.05, 0) is 61.6 Å². The minimum absolute atomic E-state index is 0.204. The number of nitrogens with zero attached hydrogens (tertiary/aromatic N) is 2. The summed E-state index contributed by atoms with van der Waals surface area (Å²) >= 11 is 1.30. The van der Waals surface area contributed by atoms with E-state index in [1.807, 2.05) is 24.4 Å². The van der Waals surface area contributed by atoms with Crippen LogP contribution in [0.25, 0.3) is 11.5 Å². The molecule has 2 aromatic heterocycles. The second-order valence-corrected chi connectivity index (χ2v) is 11.0. The summed E-state index contributed by atoms with van der Waals surface area (Å²) in [7, 11) is -3.57. The SMILES string of the molecule is Cc1ccc(-c2csc(NC(=O)c3ccc(S(=O)(=O)N4C[C@H](C)C[C@@H](C)C4)cc3)n2)o1. The summed E-state index contributed by atoms with van der Waals surface area (Å²) in [6.07, 6.45) is 1.03. The van der Waals surface area contributed by atoms with Gasteiger partial charge in [0, 0.05) is 24.0 Å². The van der Waals surface area contributed by atoms with E-state index < -0.39 is 10.0 Å². The molecule has 1 aliphatic heterocycles. The van der Waals surface area contributed by atoms with Crippen LogP contribution in [0.1, 0.15) is 36.4 Å². The van der Waals surface area contributed by atoms with Crippen LogP contribution in [0.2, 0.25) is 0 Å². The molecular weight excluding hydrogens is 434 g/mol. The van der Waals surface area contributed by atoms with Crippen molar-refractivity contribution in [1.82, 2.24) is 9.29 Å². The van der Waals surface area contributed by atoms with E-state index in [1.54, 1.807) is 4.31 Å². The van der Waals surface area contributed by atoms with Crippen molar-refractivity contribution in [2.75, 3.05) is 18.4 Å². The molecule has 7 nitrogen and oxygen atoms in total. The van der Waals surface area contributed by atoms with Crippen molar-refractivity contribution in [3.8, 4) is 11.5 Å². The van der Waals surface area contributed by atoms with Crippen molar-refractivity contribution in [3.05, 3.63) is 53.1 Å². The van der Waals surface area contributed by atoms with Crippen LogP contribution in [0.15, 0.2) is 51.1 Å². The first kappa shape index (κ1) is 21.7. The average molecular weight is 460 g/mol. The van der Waals surface area contributed by atoms with Gasteiger partial charge in [0.25, 0.3) is 5.91 Å². The summed E-state index contributed by atoms with van der Waals surface area (Å²) in [4.78, 5) is 17.2. The third-order valence-electron chi connectivity index (χ3n) is 5.31. The maximum absolute atomic E-state index is 13.0. The molecule has 0 aliphatic carbocycles. The monoisotopic (exact) mass is 459 g/mol. The lowest BCUT2D eigenvalue weighted by Crippen LogP contribution is -2.42. The number of rotatable bonds is 5. The van der Waals surface area contributed by atoms with Crippen LogP contribution in [0.3, 0.4) is 0 Å². The Morgan fingerprint density at radius 2 is 1.81 bits per heavy atom. The lowest BCUT2D eigenvalue weighted by atomic mass is 9.94. The maximum atomic E-state index is 13.0.